The van der Waals surface area contributed by atoms with Crippen LogP contribution < -0.4 is 5.73 Å². The smallest absolute Gasteiger partial charge is 0.338 e. The first kappa shape index (κ1) is 18.3. The molecule has 0 saturated carbocycles. The van der Waals surface area contributed by atoms with E-state index in [0.717, 1.165) is 27.9 Å². The van der Waals surface area contributed by atoms with Gasteiger partial charge in [0.05, 0.1) is 16.8 Å². The Morgan fingerprint density at radius 3 is 2.41 bits per heavy atom. The highest BCUT2D eigenvalue weighted by Crippen LogP contribution is 2.32. The van der Waals surface area contributed by atoms with Crippen LogP contribution in [0.1, 0.15) is 10.4 Å². The maximum Gasteiger partial charge on any atom is 0.338 e. The molecular weight excluding hydrogens is 371 g/mol. The number of hydrogen-bond acceptors (Lipinski definition) is 3. The molecule has 0 radical (unpaired) electrons. The van der Waals surface area contributed by atoms with Gasteiger partial charge in [0.1, 0.15) is 5.75 Å². The van der Waals surface area contributed by atoms with Crippen LogP contribution in [0.2, 0.25) is 0 Å². The minimum atomic E-state index is -1.31. The molecule has 0 spiro atoms. The van der Waals surface area contributed by atoms with Gasteiger partial charge in [-0.25, -0.2) is 9.18 Å². The number of para-hydroxylation sites is 1. The van der Waals surface area contributed by atoms with Gasteiger partial charge in [0.15, 0.2) is 5.82 Å². The first-order valence-electron chi connectivity index (χ1n) is 8.85. The van der Waals surface area contributed by atoms with Crippen LogP contribution in [0.5, 0.6) is 5.75 Å². The molecule has 1 heterocycles. The minimum absolute atomic E-state index is 0.148. The van der Waals surface area contributed by atoms with E-state index in [1.54, 1.807) is 6.07 Å². The number of carboxylic acid groups (broad SMARTS) is 1. The van der Waals surface area contributed by atoms with Gasteiger partial charge in [-0.15, -0.1) is 0 Å². The Morgan fingerprint density at radius 2 is 1.66 bits per heavy atom. The Labute approximate surface area is 164 Å². The van der Waals surface area contributed by atoms with Gasteiger partial charge < -0.3 is 20.9 Å². The zero-order valence-electron chi connectivity index (χ0n) is 15.2. The maximum atomic E-state index is 12.7. The summed E-state index contributed by atoms with van der Waals surface area (Å²) in [5, 5.41) is 22.7. The lowest BCUT2D eigenvalue weighted by molar-refractivity contribution is 0.0692. The van der Waals surface area contributed by atoms with E-state index in [0.29, 0.717) is 5.75 Å². The molecule has 4 aromatic carbocycles. The number of rotatable bonds is 1. The number of aromatic carboxylic acids is 1. The molecule has 6 heteroatoms. The second kappa shape index (κ2) is 7.16. The third-order valence-corrected chi connectivity index (χ3v) is 4.74. The van der Waals surface area contributed by atoms with Crippen molar-refractivity contribution in [2.24, 2.45) is 0 Å². The number of phenolic OH excluding ortho intramolecular Hbond substituents is 1. The summed E-state index contributed by atoms with van der Waals surface area (Å²) in [5.74, 6) is -1.89. The van der Waals surface area contributed by atoms with Crippen molar-refractivity contribution in [2.75, 3.05) is 5.73 Å². The largest absolute Gasteiger partial charge is 0.508 e. The molecule has 5 aromatic rings. The van der Waals surface area contributed by atoms with Crippen molar-refractivity contribution < 1.29 is 19.4 Å². The highest BCUT2D eigenvalue weighted by Gasteiger charge is 2.11. The number of halogens is 1. The lowest BCUT2D eigenvalue weighted by atomic mass is 10.1. The summed E-state index contributed by atoms with van der Waals surface area (Å²) < 4.78 is 12.7. The number of nitrogens with two attached hydrogens (primary N) is 1. The Kier molecular flexibility index (Phi) is 4.52. The average Bonchev–Trinajstić information content (AvgIpc) is 3.09. The number of fused-ring (bicyclic) bond motifs is 5. The summed E-state index contributed by atoms with van der Waals surface area (Å²) in [6.45, 7) is 0. The monoisotopic (exact) mass is 388 g/mol. The van der Waals surface area contributed by atoms with Crippen LogP contribution in [0, 0.1) is 5.82 Å². The molecule has 0 amide bonds. The molecule has 0 fully saturated rings. The van der Waals surface area contributed by atoms with Crippen LogP contribution in [-0.4, -0.2) is 21.2 Å². The van der Waals surface area contributed by atoms with Gasteiger partial charge in [0.25, 0.3) is 0 Å². The lowest BCUT2D eigenvalue weighted by Crippen LogP contribution is -2.02. The predicted octanol–water partition coefficient (Wildman–Crippen LogP) is 5.29. The standard InChI is InChI=1S/C16H11NO.C7H6FNO2/c18-11-7-5-10-6-8-13-12-3-1-2-4-15(12)17-16(13)14(10)9-11;8-6-4(7(10)11)2-1-3-5(6)9/h1-9,17-18H;1-3H,9H2,(H,10,11). The SMILES string of the molecule is Nc1cccc(C(=O)O)c1F.Oc1ccc2ccc3c4ccccc4[nH]c3c2c1. The number of carboxylic acids is 1. The Hall–Kier alpha value is -4.06. The minimum Gasteiger partial charge on any atom is -0.508 e. The number of hydrogen-bond donors (Lipinski definition) is 4. The average molecular weight is 388 g/mol. The third kappa shape index (κ3) is 3.32. The molecule has 1 aromatic heterocycles. The Morgan fingerprint density at radius 1 is 0.897 bits per heavy atom. The second-order valence-electron chi connectivity index (χ2n) is 6.58. The van der Waals surface area contributed by atoms with Crippen molar-refractivity contribution in [1.29, 1.82) is 0 Å². The Balaban J connectivity index is 0.000000161. The van der Waals surface area contributed by atoms with Gasteiger partial charge in [-0.3, -0.25) is 0 Å². The van der Waals surface area contributed by atoms with Gasteiger partial charge in [-0.05, 0) is 35.7 Å². The quantitative estimate of drug-likeness (QED) is 0.293. The predicted molar refractivity (Wildman–Crippen MR) is 113 cm³/mol. The fourth-order valence-electron chi connectivity index (χ4n) is 3.34. The first-order valence-corrected chi connectivity index (χ1v) is 8.85. The number of aromatic hydroxyl groups is 1. The number of nitrogens with one attached hydrogen (secondary N) is 1. The van der Waals surface area contributed by atoms with E-state index in [4.69, 9.17) is 10.8 Å². The molecule has 5 N–H and O–H groups in total. The molecule has 0 unspecified atom stereocenters. The van der Waals surface area contributed by atoms with E-state index >= 15 is 0 Å². The number of H-pyrrole nitrogens is 1. The van der Waals surface area contributed by atoms with Crippen LogP contribution >= 0.6 is 0 Å². The van der Waals surface area contributed by atoms with Crippen LogP contribution in [0.3, 0.4) is 0 Å². The summed E-state index contributed by atoms with van der Waals surface area (Å²) in [7, 11) is 0. The van der Waals surface area contributed by atoms with Gasteiger partial charge >= 0.3 is 5.97 Å². The topological polar surface area (TPSA) is 99.3 Å². The van der Waals surface area contributed by atoms with Gasteiger partial charge in [0, 0.05) is 21.7 Å². The van der Waals surface area contributed by atoms with Crippen LogP contribution in [0.15, 0.2) is 72.8 Å². The zero-order chi connectivity index (χ0) is 20.5. The summed E-state index contributed by atoms with van der Waals surface area (Å²) in [6.07, 6.45) is 0. The molecule has 0 saturated heterocycles. The lowest BCUT2D eigenvalue weighted by Gasteiger charge is -2.00. The first-order chi connectivity index (χ1) is 14.0. The summed E-state index contributed by atoms with van der Waals surface area (Å²) in [4.78, 5) is 13.7. The highest BCUT2D eigenvalue weighted by atomic mass is 19.1. The molecule has 144 valence electrons. The molecule has 0 aliphatic heterocycles. The highest BCUT2D eigenvalue weighted by molar-refractivity contribution is 6.17. The van der Waals surface area contributed by atoms with Crippen molar-refractivity contribution in [2.45, 2.75) is 0 Å². The second-order valence-corrected chi connectivity index (χ2v) is 6.58. The number of aromatic nitrogens is 1. The van der Waals surface area contributed by atoms with Crippen LogP contribution in [0.25, 0.3) is 32.6 Å². The molecule has 0 aliphatic carbocycles. The summed E-state index contributed by atoms with van der Waals surface area (Å²) in [6, 6.07) is 21.8. The molecule has 0 bridgehead atoms. The number of phenols is 1. The van der Waals surface area contributed by atoms with Crippen molar-refractivity contribution in [3.05, 3.63) is 84.2 Å². The van der Waals surface area contributed by atoms with Gasteiger partial charge in [-0.2, -0.15) is 0 Å². The summed E-state index contributed by atoms with van der Waals surface area (Å²) in [5.41, 5.74) is 6.79. The number of carbonyl (C=O) groups is 1. The fourth-order valence-corrected chi connectivity index (χ4v) is 3.34. The summed E-state index contributed by atoms with van der Waals surface area (Å²) >= 11 is 0. The Bertz CT molecular complexity index is 1380. The third-order valence-electron chi connectivity index (χ3n) is 4.74. The van der Waals surface area contributed by atoms with Crippen LogP contribution in [0.4, 0.5) is 10.1 Å². The molecule has 0 aliphatic rings. The molecule has 29 heavy (non-hydrogen) atoms. The molecule has 5 rings (SSSR count). The van der Waals surface area contributed by atoms with E-state index < -0.39 is 17.3 Å². The van der Waals surface area contributed by atoms with Crippen molar-refractivity contribution in [1.82, 2.24) is 4.98 Å². The van der Waals surface area contributed by atoms with Crippen molar-refractivity contribution in [3.63, 3.8) is 0 Å². The van der Waals surface area contributed by atoms with E-state index in [1.165, 1.54) is 22.9 Å². The van der Waals surface area contributed by atoms with Crippen molar-refractivity contribution >= 4 is 44.2 Å². The zero-order valence-corrected chi connectivity index (χ0v) is 15.2. The fraction of sp³-hybridized carbons (Fsp3) is 0. The van der Waals surface area contributed by atoms with E-state index in [9.17, 15) is 14.3 Å². The number of aromatic amines is 1. The normalized spacial score (nSPS) is 10.8. The number of anilines is 1. The van der Waals surface area contributed by atoms with E-state index in [1.807, 2.05) is 24.3 Å². The van der Waals surface area contributed by atoms with Gasteiger partial charge in [-0.1, -0.05) is 42.5 Å². The molecule has 0 atom stereocenters. The number of nitrogen functional groups attached to an aromatic ring is 1. The number of benzene rings is 4. The van der Waals surface area contributed by atoms with Gasteiger partial charge in [0.2, 0.25) is 0 Å². The maximum absolute atomic E-state index is 12.7. The van der Waals surface area contributed by atoms with E-state index in [-0.39, 0.29) is 5.69 Å². The van der Waals surface area contributed by atoms with Crippen molar-refractivity contribution in [3.8, 4) is 5.75 Å². The van der Waals surface area contributed by atoms with Crippen LogP contribution in [-0.2, 0) is 0 Å². The van der Waals surface area contributed by atoms with E-state index in [2.05, 4.69) is 29.2 Å². The molecule has 5 nitrogen and oxygen atoms in total. The molecular formula is C23H17FN2O3.